The number of allylic oxidation sites excluding steroid dienone is 5. The number of hydrogen-bond donors (Lipinski definition) is 0. The first-order chi connectivity index (χ1) is 14.3. The molecule has 0 amide bonds. The molecule has 0 heterocycles. The molecule has 0 spiro atoms. The topological polar surface area (TPSA) is 0 Å². The van der Waals surface area contributed by atoms with E-state index in [2.05, 4.69) is 91.4 Å². The Balaban J connectivity index is 0.00000107. The van der Waals surface area contributed by atoms with Crippen LogP contribution in [0.2, 0.25) is 6.55 Å². The number of fused-ring (bicyclic) bond motifs is 1. The van der Waals surface area contributed by atoms with Crippen LogP contribution in [0.4, 0.5) is 0 Å². The minimum absolute atomic E-state index is 0. The summed E-state index contributed by atoms with van der Waals surface area (Å²) < 4.78 is 2.69. The smallest absolute Gasteiger partial charge is 1.00 e. The first-order valence-electron chi connectivity index (χ1n) is 12.4. The third-order valence-corrected chi connectivity index (χ3v) is 24.6. The predicted octanol–water partition coefficient (Wildman–Crippen LogP) is 2.58. The second-order valence-electron chi connectivity index (χ2n) is 9.65. The maximum Gasteiger partial charge on any atom is -1.00 e. The normalized spacial score (nSPS) is 16.4. The van der Waals surface area contributed by atoms with Crippen molar-refractivity contribution in [3.8, 4) is 0 Å². The van der Waals surface area contributed by atoms with Crippen LogP contribution < -0.4 is 24.8 Å². The van der Waals surface area contributed by atoms with Gasteiger partial charge in [0, 0.05) is 0 Å². The van der Waals surface area contributed by atoms with Crippen LogP contribution in [0.5, 0.6) is 0 Å². The molecule has 0 N–H and O–H groups in total. The number of rotatable bonds is 8. The van der Waals surface area contributed by atoms with Gasteiger partial charge in [-0.15, -0.1) is 0 Å². The van der Waals surface area contributed by atoms with Crippen molar-refractivity contribution in [2.24, 2.45) is 0 Å². The van der Waals surface area contributed by atoms with Crippen LogP contribution in [0.3, 0.4) is 0 Å². The molecular formula is C28H45Cl2SiZr. The molecule has 2 aliphatic rings. The third-order valence-electron chi connectivity index (χ3n) is 6.56. The Morgan fingerprint density at radius 2 is 1.62 bits per heavy atom. The van der Waals surface area contributed by atoms with Crippen molar-refractivity contribution in [3.05, 3.63) is 61.5 Å². The Kier molecular flexibility index (Phi) is 16.0. The summed E-state index contributed by atoms with van der Waals surface area (Å²) in [6.07, 6.45) is 16.5. The van der Waals surface area contributed by atoms with Gasteiger partial charge in [-0.05, 0) is 0 Å². The zero-order valence-corrected chi connectivity index (χ0v) is 27.1. The summed E-state index contributed by atoms with van der Waals surface area (Å²) >= 11 is -1.52. The summed E-state index contributed by atoms with van der Waals surface area (Å²) in [5.74, 6) is 1.23. The molecule has 32 heavy (non-hydrogen) atoms. The van der Waals surface area contributed by atoms with Gasteiger partial charge in [0.25, 0.3) is 0 Å². The molecule has 3 rings (SSSR count). The van der Waals surface area contributed by atoms with Crippen molar-refractivity contribution in [2.75, 3.05) is 0 Å². The summed E-state index contributed by atoms with van der Waals surface area (Å²) in [7, 11) is 0. The molecule has 1 atom stereocenters. The predicted molar refractivity (Wildman–Crippen MR) is 137 cm³/mol. The standard InChI is InChI=1S/C16H21.C6H14.C5H5.CH5Si.2ClH.Zr/c1-10(2)13-8-14-6-12(5)7-16(14)15(9-13)11(3)4;1-3-5-6-4-2;1-2-4-5-3-1;1-2;;;/h6-11H,1-5H3;3-6H2,1-2H3;1-3H,4H2;2H2,1H3;2*1H;/q;;;;;;+2/p-2. The van der Waals surface area contributed by atoms with E-state index < -0.39 is 20.9 Å². The number of benzene rings is 1. The molecule has 0 saturated carbocycles. The molecule has 2 aliphatic carbocycles. The first kappa shape index (κ1) is 32.1. The first-order valence-corrected chi connectivity index (χ1v) is 22.4. The molecule has 0 saturated heterocycles. The fraction of sp³-hybridized carbons (Fsp3) is 0.571. The summed E-state index contributed by atoms with van der Waals surface area (Å²) in [6.45, 7) is 18.9. The Labute approximate surface area is 221 Å². The van der Waals surface area contributed by atoms with Gasteiger partial charge in [0.2, 0.25) is 0 Å². The van der Waals surface area contributed by atoms with Crippen LogP contribution in [0.25, 0.3) is 6.08 Å². The molecular weight excluding hydrogens is 527 g/mol. The Hall–Kier alpha value is 0.120. The maximum atomic E-state index is 2.58. The average molecular weight is 572 g/mol. The van der Waals surface area contributed by atoms with Crippen LogP contribution in [-0.2, 0) is 20.9 Å². The zero-order chi connectivity index (χ0) is 22.3. The number of halogens is 2. The van der Waals surface area contributed by atoms with Crippen molar-refractivity contribution in [2.45, 2.75) is 103 Å². The van der Waals surface area contributed by atoms with E-state index in [0.29, 0.717) is 11.8 Å². The van der Waals surface area contributed by atoms with Gasteiger partial charge in [0.1, 0.15) is 0 Å². The van der Waals surface area contributed by atoms with Gasteiger partial charge < -0.3 is 24.8 Å². The van der Waals surface area contributed by atoms with Gasteiger partial charge in [-0.3, -0.25) is 0 Å². The van der Waals surface area contributed by atoms with E-state index in [1.54, 1.807) is 27.8 Å². The molecule has 0 nitrogen and oxygen atoms in total. The van der Waals surface area contributed by atoms with Gasteiger partial charge >= 0.3 is 158 Å². The van der Waals surface area contributed by atoms with Gasteiger partial charge in [-0.1, -0.05) is 39.5 Å². The molecule has 0 radical (unpaired) electrons. The van der Waals surface area contributed by atoms with Gasteiger partial charge in [0.15, 0.2) is 0 Å². The fourth-order valence-corrected chi connectivity index (χ4v) is 22.4. The van der Waals surface area contributed by atoms with Crippen LogP contribution in [0, 0.1) is 0 Å². The monoisotopic (exact) mass is 569 g/mol. The van der Waals surface area contributed by atoms with E-state index in [0.717, 1.165) is 3.63 Å². The van der Waals surface area contributed by atoms with Crippen LogP contribution >= 0.6 is 0 Å². The Bertz CT molecular complexity index is 789. The molecule has 1 aromatic rings. The quantitative estimate of drug-likeness (QED) is 0.333. The van der Waals surface area contributed by atoms with Crippen molar-refractivity contribution in [3.63, 3.8) is 0 Å². The van der Waals surface area contributed by atoms with Crippen molar-refractivity contribution < 1.29 is 45.7 Å². The summed E-state index contributed by atoms with van der Waals surface area (Å²) in [5.41, 5.74) is 8.09. The summed E-state index contributed by atoms with van der Waals surface area (Å²) in [4.78, 5) is 0. The average Bonchev–Trinajstić information content (AvgIpc) is 3.35. The Morgan fingerprint density at radius 1 is 1.00 bits per heavy atom. The largest absolute Gasteiger partial charge is 1.00 e. The molecule has 0 bridgehead atoms. The van der Waals surface area contributed by atoms with E-state index in [1.807, 2.05) is 3.28 Å². The van der Waals surface area contributed by atoms with Crippen LogP contribution in [-0.4, -0.2) is 6.65 Å². The zero-order valence-electron chi connectivity index (χ0n) is 21.7. The second kappa shape index (κ2) is 15.9. The number of unbranched alkanes of at least 4 members (excludes halogenated alkanes) is 3. The second-order valence-corrected chi connectivity index (χ2v) is 25.7. The van der Waals surface area contributed by atoms with E-state index in [9.17, 15) is 0 Å². The molecule has 0 aromatic heterocycles. The SMILES string of the molecule is CCCCCC.C[SiH2][Zr+2]([C]1=CC=CC1)[CH]1C(C)=Cc2c(C(C)C)cc(C(C)C)cc21.[Cl-].[Cl-]. The van der Waals surface area contributed by atoms with Crippen molar-refractivity contribution in [1.29, 1.82) is 0 Å². The molecule has 179 valence electrons. The van der Waals surface area contributed by atoms with Crippen molar-refractivity contribution in [1.82, 2.24) is 0 Å². The minimum atomic E-state index is -1.52. The fourth-order valence-electron chi connectivity index (χ4n) is 4.76. The van der Waals surface area contributed by atoms with E-state index in [1.165, 1.54) is 32.1 Å². The summed E-state index contributed by atoms with van der Waals surface area (Å²) in [6, 6.07) is 5.07. The van der Waals surface area contributed by atoms with E-state index in [-0.39, 0.29) is 31.5 Å². The van der Waals surface area contributed by atoms with Gasteiger partial charge in [-0.2, -0.15) is 0 Å². The molecule has 1 unspecified atom stereocenters. The van der Waals surface area contributed by atoms with Gasteiger partial charge in [-0.25, -0.2) is 0 Å². The maximum absolute atomic E-state index is 2.58. The van der Waals surface area contributed by atoms with Crippen LogP contribution in [0.15, 0.2) is 39.2 Å². The van der Waals surface area contributed by atoms with Gasteiger partial charge in [0.05, 0.1) is 0 Å². The molecule has 0 fully saturated rings. The molecule has 0 aliphatic heterocycles. The van der Waals surface area contributed by atoms with Crippen molar-refractivity contribution >= 4 is 12.7 Å². The summed E-state index contributed by atoms with van der Waals surface area (Å²) in [5, 5.41) is 0. The molecule has 4 heteroatoms. The molecule has 1 aromatic carbocycles. The Morgan fingerprint density at radius 3 is 2.06 bits per heavy atom. The minimum Gasteiger partial charge on any atom is -1.00 e. The van der Waals surface area contributed by atoms with Crippen LogP contribution in [0.1, 0.15) is 118 Å². The number of hydrogen-bond acceptors (Lipinski definition) is 0. The van der Waals surface area contributed by atoms with E-state index >= 15 is 0 Å². The van der Waals surface area contributed by atoms with E-state index in [4.69, 9.17) is 0 Å². The third kappa shape index (κ3) is 8.11.